The SMILES string of the molecule is CCOCCN(CCOCC)c1nc(C)c(C(C)N)s1. The van der Waals surface area contributed by atoms with Crippen molar-refractivity contribution in [3.8, 4) is 0 Å². The van der Waals surface area contributed by atoms with Gasteiger partial charge >= 0.3 is 0 Å². The van der Waals surface area contributed by atoms with E-state index in [-0.39, 0.29) is 6.04 Å². The van der Waals surface area contributed by atoms with Gasteiger partial charge in [-0.25, -0.2) is 4.98 Å². The van der Waals surface area contributed by atoms with Crippen LogP contribution in [0.2, 0.25) is 0 Å². The Kier molecular flexibility index (Phi) is 8.06. The van der Waals surface area contributed by atoms with E-state index in [1.807, 2.05) is 27.7 Å². The molecule has 1 unspecified atom stereocenters. The van der Waals surface area contributed by atoms with E-state index >= 15 is 0 Å². The average Bonchev–Trinajstić information content (AvgIpc) is 2.79. The van der Waals surface area contributed by atoms with Crippen molar-refractivity contribution >= 4 is 16.5 Å². The minimum atomic E-state index is 0.0295. The van der Waals surface area contributed by atoms with Crippen LogP contribution in [0.15, 0.2) is 0 Å². The van der Waals surface area contributed by atoms with Gasteiger partial charge in [0, 0.05) is 37.2 Å². The molecule has 0 spiro atoms. The predicted molar refractivity (Wildman–Crippen MR) is 84.7 cm³/mol. The first-order chi connectivity index (χ1) is 9.60. The second-order valence-electron chi connectivity index (χ2n) is 4.62. The zero-order chi connectivity index (χ0) is 15.0. The highest BCUT2D eigenvalue weighted by Crippen LogP contribution is 2.29. The lowest BCUT2D eigenvalue weighted by atomic mass is 10.2. The van der Waals surface area contributed by atoms with Crippen LogP contribution in [0.25, 0.3) is 0 Å². The maximum Gasteiger partial charge on any atom is 0.185 e. The zero-order valence-electron chi connectivity index (χ0n) is 13.0. The number of aromatic nitrogens is 1. The molecule has 0 aromatic carbocycles. The molecule has 20 heavy (non-hydrogen) atoms. The van der Waals surface area contributed by atoms with Crippen LogP contribution >= 0.6 is 11.3 Å². The van der Waals surface area contributed by atoms with E-state index in [1.54, 1.807) is 11.3 Å². The van der Waals surface area contributed by atoms with Gasteiger partial charge in [0.15, 0.2) is 5.13 Å². The summed E-state index contributed by atoms with van der Waals surface area (Å²) in [6.07, 6.45) is 0. The fraction of sp³-hybridized carbons (Fsp3) is 0.786. The lowest BCUT2D eigenvalue weighted by Gasteiger charge is -2.21. The smallest absolute Gasteiger partial charge is 0.185 e. The minimum absolute atomic E-state index is 0.0295. The Bertz CT molecular complexity index is 372. The number of ether oxygens (including phenoxy) is 2. The van der Waals surface area contributed by atoms with Gasteiger partial charge in [0.25, 0.3) is 0 Å². The molecule has 0 aliphatic carbocycles. The largest absolute Gasteiger partial charge is 0.380 e. The Morgan fingerprint density at radius 1 is 1.20 bits per heavy atom. The third-order valence-corrected chi connectivity index (χ3v) is 4.34. The van der Waals surface area contributed by atoms with Gasteiger partial charge in [0.1, 0.15) is 0 Å². The number of anilines is 1. The maximum absolute atomic E-state index is 5.97. The molecule has 0 saturated heterocycles. The minimum Gasteiger partial charge on any atom is -0.380 e. The molecule has 1 rings (SSSR count). The molecule has 0 fully saturated rings. The number of nitrogens with zero attached hydrogens (tertiary/aromatic N) is 2. The first-order valence-corrected chi connectivity index (χ1v) is 8.05. The zero-order valence-corrected chi connectivity index (χ0v) is 13.8. The molecule has 0 aliphatic rings. The molecule has 0 saturated carbocycles. The summed E-state index contributed by atoms with van der Waals surface area (Å²) in [5.41, 5.74) is 7.00. The molecule has 5 nitrogen and oxygen atoms in total. The first-order valence-electron chi connectivity index (χ1n) is 7.23. The molecular formula is C14H27N3O2S. The van der Waals surface area contributed by atoms with Crippen molar-refractivity contribution in [2.45, 2.75) is 33.7 Å². The second-order valence-corrected chi connectivity index (χ2v) is 5.62. The van der Waals surface area contributed by atoms with Gasteiger partial charge in [-0.3, -0.25) is 0 Å². The molecular weight excluding hydrogens is 274 g/mol. The average molecular weight is 301 g/mol. The molecule has 1 aromatic heterocycles. The summed E-state index contributed by atoms with van der Waals surface area (Å²) in [6, 6.07) is 0.0295. The quantitative estimate of drug-likeness (QED) is 0.672. The Labute approximate surface area is 126 Å². The van der Waals surface area contributed by atoms with Gasteiger partial charge in [0.2, 0.25) is 0 Å². The van der Waals surface area contributed by atoms with E-state index in [9.17, 15) is 0 Å². The van der Waals surface area contributed by atoms with Crippen LogP contribution in [0.1, 0.15) is 37.4 Å². The van der Waals surface area contributed by atoms with E-state index < -0.39 is 0 Å². The number of hydrogen-bond donors (Lipinski definition) is 1. The highest BCUT2D eigenvalue weighted by molar-refractivity contribution is 7.15. The van der Waals surface area contributed by atoms with E-state index in [1.165, 1.54) is 0 Å². The number of thiazole rings is 1. The summed E-state index contributed by atoms with van der Waals surface area (Å²) in [5.74, 6) is 0. The number of hydrogen-bond acceptors (Lipinski definition) is 6. The Morgan fingerprint density at radius 3 is 2.15 bits per heavy atom. The van der Waals surface area contributed by atoms with Crippen molar-refractivity contribution in [1.82, 2.24) is 4.98 Å². The van der Waals surface area contributed by atoms with Crippen LogP contribution in [0.3, 0.4) is 0 Å². The van der Waals surface area contributed by atoms with Gasteiger partial charge in [-0.15, -0.1) is 11.3 Å². The predicted octanol–water partition coefficient (Wildman–Crippen LogP) is 2.35. The normalized spacial score (nSPS) is 12.7. The molecule has 0 amide bonds. The lowest BCUT2D eigenvalue weighted by molar-refractivity contribution is 0.141. The molecule has 0 aliphatic heterocycles. The summed E-state index contributed by atoms with van der Waals surface area (Å²) in [4.78, 5) is 8.01. The van der Waals surface area contributed by atoms with E-state index in [0.717, 1.165) is 42.0 Å². The van der Waals surface area contributed by atoms with Crippen molar-refractivity contribution in [3.63, 3.8) is 0 Å². The summed E-state index contributed by atoms with van der Waals surface area (Å²) >= 11 is 1.67. The molecule has 2 N–H and O–H groups in total. The van der Waals surface area contributed by atoms with E-state index in [0.29, 0.717) is 13.2 Å². The Morgan fingerprint density at radius 2 is 1.75 bits per heavy atom. The summed E-state index contributed by atoms with van der Waals surface area (Å²) < 4.78 is 10.9. The van der Waals surface area contributed by atoms with Gasteiger partial charge in [0.05, 0.1) is 18.9 Å². The first kappa shape index (κ1) is 17.4. The third-order valence-electron chi connectivity index (χ3n) is 2.92. The van der Waals surface area contributed by atoms with Crippen molar-refractivity contribution < 1.29 is 9.47 Å². The van der Waals surface area contributed by atoms with Crippen LogP contribution in [0, 0.1) is 6.92 Å². The number of rotatable bonds is 10. The number of aryl methyl sites for hydroxylation is 1. The van der Waals surface area contributed by atoms with E-state index in [4.69, 9.17) is 15.2 Å². The molecule has 0 bridgehead atoms. The van der Waals surface area contributed by atoms with Crippen LogP contribution < -0.4 is 10.6 Å². The standard InChI is InChI=1S/C14H27N3O2S/c1-5-18-9-7-17(8-10-19-6-2)14-16-12(4)13(20-14)11(3)15/h11H,5-10,15H2,1-4H3. The highest BCUT2D eigenvalue weighted by atomic mass is 32.1. The molecule has 1 heterocycles. The fourth-order valence-electron chi connectivity index (χ4n) is 1.89. The highest BCUT2D eigenvalue weighted by Gasteiger charge is 2.16. The molecule has 1 aromatic rings. The monoisotopic (exact) mass is 301 g/mol. The van der Waals surface area contributed by atoms with Crippen LogP contribution in [0.5, 0.6) is 0 Å². The third kappa shape index (κ3) is 5.36. The van der Waals surface area contributed by atoms with Crippen LogP contribution in [-0.4, -0.2) is 44.5 Å². The van der Waals surface area contributed by atoms with Gasteiger partial charge in [-0.05, 0) is 27.7 Å². The second kappa shape index (κ2) is 9.28. The summed E-state index contributed by atoms with van der Waals surface area (Å²) in [7, 11) is 0. The van der Waals surface area contributed by atoms with Gasteiger partial charge in [-0.2, -0.15) is 0 Å². The fourth-order valence-corrected chi connectivity index (χ4v) is 2.96. The van der Waals surface area contributed by atoms with E-state index in [2.05, 4.69) is 9.88 Å². The maximum atomic E-state index is 5.97. The van der Waals surface area contributed by atoms with Crippen molar-refractivity contribution in [2.24, 2.45) is 5.73 Å². The molecule has 6 heteroatoms. The van der Waals surface area contributed by atoms with Crippen molar-refractivity contribution in [1.29, 1.82) is 0 Å². The van der Waals surface area contributed by atoms with Crippen molar-refractivity contribution in [3.05, 3.63) is 10.6 Å². The van der Waals surface area contributed by atoms with Crippen LogP contribution in [-0.2, 0) is 9.47 Å². The molecule has 0 radical (unpaired) electrons. The van der Waals surface area contributed by atoms with Crippen LogP contribution in [0.4, 0.5) is 5.13 Å². The molecule has 1 atom stereocenters. The molecule has 116 valence electrons. The van der Waals surface area contributed by atoms with Gasteiger partial charge in [-0.1, -0.05) is 0 Å². The number of nitrogens with two attached hydrogens (primary N) is 1. The van der Waals surface area contributed by atoms with Crippen molar-refractivity contribution in [2.75, 3.05) is 44.4 Å². The topological polar surface area (TPSA) is 60.6 Å². The van der Waals surface area contributed by atoms with Gasteiger partial charge < -0.3 is 20.1 Å². The summed E-state index contributed by atoms with van der Waals surface area (Å²) in [5, 5.41) is 1.01. The Balaban J connectivity index is 2.71. The summed E-state index contributed by atoms with van der Waals surface area (Å²) in [6.45, 7) is 12.6. The lowest BCUT2D eigenvalue weighted by Crippen LogP contribution is -2.31. The Hall–Kier alpha value is -0.690.